The average Bonchev–Trinajstić information content (AvgIpc) is 2.89. The second kappa shape index (κ2) is 10.6. The summed E-state index contributed by atoms with van der Waals surface area (Å²) in [6.45, 7) is 5.28. The molecule has 5 rings (SSSR count). The summed E-state index contributed by atoms with van der Waals surface area (Å²) >= 11 is 0. The molecule has 0 spiro atoms. The lowest BCUT2D eigenvalue weighted by atomic mass is 9.93. The summed E-state index contributed by atoms with van der Waals surface area (Å²) in [4.78, 5) is 27.9. The molecular formula is C28H30F3N5O. The van der Waals surface area contributed by atoms with Gasteiger partial charge in [0.25, 0.3) is 0 Å². The van der Waals surface area contributed by atoms with Gasteiger partial charge in [0, 0.05) is 57.8 Å². The van der Waals surface area contributed by atoms with E-state index in [4.69, 9.17) is 0 Å². The fourth-order valence-electron chi connectivity index (χ4n) is 5.08. The maximum Gasteiger partial charge on any atom is 0.416 e. The molecule has 1 fully saturated rings. The van der Waals surface area contributed by atoms with E-state index < -0.39 is 11.7 Å². The van der Waals surface area contributed by atoms with E-state index >= 15 is 0 Å². The summed E-state index contributed by atoms with van der Waals surface area (Å²) in [7, 11) is 2.04. The lowest BCUT2D eigenvalue weighted by Crippen LogP contribution is -2.43. The topological polar surface area (TPSA) is 52.6 Å². The van der Waals surface area contributed by atoms with Crippen molar-refractivity contribution in [3.63, 3.8) is 0 Å². The first kappa shape index (κ1) is 25.4. The van der Waals surface area contributed by atoms with Crippen molar-refractivity contribution < 1.29 is 18.0 Å². The molecule has 194 valence electrons. The van der Waals surface area contributed by atoms with Crippen LogP contribution in [0.25, 0.3) is 0 Å². The summed E-state index contributed by atoms with van der Waals surface area (Å²) < 4.78 is 41.1. The molecule has 0 radical (unpaired) electrons. The number of carbonyl (C=O) groups excluding carboxylic acids is 1. The predicted molar refractivity (Wildman–Crippen MR) is 135 cm³/mol. The summed E-state index contributed by atoms with van der Waals surface area (Å²) in [6.07, 6.45) is 1.31. The fraction of sp³-hybridized carbons (Fsp3) is 0.393. The third kappa shape index (κ3) is 6.17. The Balaban J connectivity index is 1.34. The number of alkyl halides is 3. The van der Waals surface area contributed by atoms with Crippen molar-refractivity contribution in [2.75, 3.05) is 44.7 Å². The van der Waals surface area contributed by atoms with Gasteiger partial charge in [-0.3, -0.25) is 9.69 Å². The molecule has 0 unspecified atom stereocenters. The molecule has 1 aromatic heterocycles. The van der Waals surface area contributed by atoms with Gasteiger partial charge in [0.05, 0.1) is 23.6 Å². The highest BCUT2D eigenvalue weighted by Gasteiger charge is 2.31. The van der Waals surface area contributed by atoms with Crippen LogP contribution in [-0.2, 0) is 32.1 Å². The Bertz CT molecular complexity index is 1260. The summed E-state index contributed by atoms with van der Waals surface area (Å²) in [5.74, 6) is -0.187. The number of Topliss-reactive ketones (excluding diaryl/α,β-unsaturated/α-hetero) is 1. The number of carbonyl (C=O) groups is 1. The van der Waals surface area contributed by atoms with Crippen LogP contribution in [0.3, 0.4) is 0 Å². The van der Waals surface area contributed by atoms with Gasteiger partial charge in [0.2, 0.25) is 0 Å². The van der Waals surface area contributed by atoms with Crippen molar-refractivity contribution >= 4 is 11.5 Å². The number of hydrogen-bond donors (Lipinski definition) is 0. The number of piperazine rings is 1. The number of hydrogen-bond acceptors (Lipinski definition) is 6. The van der Waals surface area contributed by atoms with Crippen molar-refractivity contribution in [1.82, 2.24) is 19.8 Å². The van der Waals surface area contributed by atoms with E-state index in [0.717, 1.165) is 56.5 Å². The van der Waals surface area contributed by atoms with Crippen molar-refractivity contribution in [1.29, 1.82) is 0 Å². The Labute approximate surface area is 214 Å². The first-order valence-electron chi connectivity index (χ1n) is 12.5. The molecule has 0 aliphatic carbocycles. The van der Waals surface area contributed by atoms with Gasteiger partial charge >= 0.3 is 6.18 Å². The van der Waals surface area contributed by atoms with E-state index in [0.29, 0.717) is 29.8 Å². The number of aromatic nitrogens is 2. The Hall–Kier alpha value is -3.30. The molecule has 0 atom stereocenters. The van der Waals surface area contributed by atoms with Crippen molar-refractivity contribution in [3.8, 4) is 0 Å². The predicted octanol–water partition coefficient (Wildman–Crippen LogP) is 4.23. The molecule has 37 heavy (non-hydrogen) atoms. The average molecular weight is 510 g/mol. The Kier molecular flexibility index (Phi) is 7.26. The van der Waals surface area contributed by atoms with Crippen molar-refractivity contribution in [2.24, 2.45) is 0 Å². The van der Waals surface area contributed by atoms with Crippen LogP contribution in [0.15, 0.2) is 55.1 Å². The first-order chi connectivity index (χ1) is 17.7. The number of halogens is 3. The molecule has 2 aliphatic heterocycles. The highest BCUT2D eigenvalue weighted by Crippen LogP contribution is 2.32. The van der Waals surface area contributed by atoms with Gasteiger partial charge in [-0.1, -0.05) is 18.2 Å². The van der Waals surface area contributed by atoms with E-state index in [-0.39, 0.29) is 12.2 Å². The summed E-state index contributed by atoms with van der Waals surface area (Å²) in [5, 5.41) is 0. The van der Waals surface area contributed by atoms with E-state index in [1.54, 1.807) is 24.5 Å². The molecule has 0 saturated carbocycles. The summed E-state index contributed by atoms with van der Waals surface area (Å²) in [6, 6.07) is 9.72. The molecule has 9 heteroatoms. The quantitative estimate of drug-likeness (QED) is 0.464. The molecule has 3 heterocycles. The molecule has 0 amide bonds. The maximum atomic E-state index is 13.7. The van der Waals surface area contributed by atoms with Gasteiger partial charge in [-0.2, -0.15) is 13.2 Å². The SMILES string of the molecule is CN1CCN(Cc2cc(CC(=O)c3ccc4c(c3)CN(c3cncnc3)CC4)cc(C(F)(F)F)c2)CC1. The Morgan fingerprint density at radius 3 is 2.38 bits per heavy atom. The van der Waals surface area contributed by atoms with E-state index in [2.05, 4.69) is 24.7 Å². The van der Waals surface area contributed by atoms with E-state index in [9.17, 15) is 18.0 Å². The van der Waals surface area contributed by atoms with Crippen LogP contribution in [0, 0.1) is 0 Å². The maximum absolute atomic E-state index is 13.7. The van der Waals surface area contributed by atoms with Gasteiger partial charge in [0.15, 0.2) is 5.78 Å². The fourth-order valence-corrected chi connectivity index (χ4v) is 5.08. The zero-order valence-electron chi connectivity index (χ0n) is 20.8. The van der Waals surface area contributed by atoms with Gasteiger partial charge in [-0.25, -0.2) is 9.97 Å². The number of nitrogens with zero attached hydrogens (tertiary/aromatic N) is 5. The lowest BCUT2D eigenvalue weighted by molar-refractivity contribution is -0.137. The van der Waals surface area contributed by atoms with E-state index in [1.807, 2.05) is 19.2 Å². The highest BCUT2D eigenvalue weighted by molar-refractivity contribution is 5.97. The molecule has 6 nitrogen and oxygen atoms in total. The third-order valence-corrected chi connectivity index (χ3v) is 7.20. The Morgan fingerprint density at radius 2 is 1.65 bits per heavy atom. The van der Waals surface area contributed by atoms with Crippen LogP contribution < -0.4 is 4.90 Å². The number of anilines is 1. The van der Waals surface area contributed by atoms with Crippen molar-refractivity contribution in [2.45, 2.75) is 32.1 Å². The lowest BCUT2D eigenvalue weighted by Gasteiger charge is -2.32. The van der Waals surface area contributed by atoms with Gasteiger partial charge in [0.1, 0.15) is 6.33 Å². The number of rotatable bonds is 6. The molecule has 2 aromatic carbocycles. The van der Waals surface area contributed by atoms with Gasteiger partial charge < -0.3 is 9.80 Å². The minimum Gasteiger partial charge on any atom is -0.364 e. The van der Waals surface area contributed by atoms with E-state index in [1.165, 1.54) is 18.0 Å². The number of fused-ring (bicyclic) bond motifs is 1. The first-order valence-corrected chi connectivity index (χ1v) is 12.5. The second-order valence-corrected chi connectivity index (χ2v) is 9.97. The Morgan fingerprint density at radius 1 is 0.919 bits per heavy atom. The molecule has 2 aliphatic rings. The van der Waals surface area contributed by atoms with Gasteiger partial charge in [-0.05, 0) is 53.9 Å². The van der Waals surface area contributed by atoms with Crippen LogP contribution in [0.4, 0.5) is 18.9 Å². The number of benzene rings is 2. The molecule has 3 aromatic rings. The molecule has 0 N–H and O–H groups in total. The summed E-state index contributed by atoms with van der Waals surface area (Å²) in [5.41, 5.74) is 3.94. The van der Waals surface area contributed by atoms with Crippen molar-refractivity contribution in [3.05, 3.63) is 88.5 Å². The normalized spacial score (nSPS) is 17.0. The minimum atomic E-state index is -4.47. The van der Waals surface area contributed by atoms with Crippen LogP contribution in [0.2, 0.25) is 0 Å². The minimum absolute atomic E-state index is 0.0747. The largest absolute Gasteiger partial charge is 0.416 e. The monoisotopic (exact) mass is 509 g/mol. The van der Waals surface area contributed by atoms with Gasteiger partial charge in [-0.15, -0.1) is 0 Å². The number of ketones is 1. The molecule has 1 saturated heterocycles. The smallest absolute Gasteiger partial charge is 0.364 e. The molecule has 0 bridgehead atoms. The zero-order valence-corrected chi connectivity index (χ0v) is 20.8. The highest BCUT2D eigenvalue weighted by atomic mass is 19.4. The van der Waals surface area contributed by atoms with Crippen LogP contribution in [0.5, 0.6) is 0 Å². The van der Waals surface area contributed by atoms with Crippen LogP contribution in [-0.4, -0.2) is 65.3 Å². The second-order valence-electron chi connectivity index (χ2n) is 9.97. The molecular weight excluding hydrogens is 479 g/mol. The third-order valence-electron chi connectivity index (χ3n) is 7.20. The van der Waals surface area contributed by atoms with Crippen LogP contribution >= 0.6 is 0 Å². The zero-order chi connectivity index (χ0) is 26.0. The van der Waals surface area contributed by atoms with Crippen LogP contribution in [0.1, 0.15) is 38.2 Å². The number of likely N-dealkylation sites (N-methyl/N-ethyl adjacent to an activating group) is 1. The standard InChI is InChI=1S/C28H30F3N5O/c1-34-6-8-35(9-7-34)17-21-10-20(11-25(12-21)28(29,30)31)13-27(37)23-3-2-22-4-5-36(18-24(22)14-23)26-15-32-19-33-16-26/h2-3,10-12,14-16,19H,4-9,13,17-18H2,1H3.